The maximum absolute atomic E-state index is 10.7. The van der Waals surface area contributed by atoms with E-state index in [9.17, 15) is 10.1 Å². The molecule has 3 aromatic heterocycles. The van der Waals surface area contributed by atoms with Gasteiger partial charge in [-0.15, -0.1) is 21.5 Å². The predicted octanol–water partition coefficient (Wildman–Crippen LogP) is 4.50. The molecular formula is C16H11N5O3S2. The van der Waals surface area contributed by atoms with E-state index in [2.05, 4.69) is 20.2 Å². The van der Waals surface area contributed by atoms with Gasteiger partial charge < -0.3 is 4.42 Å². The Labute approximate surface area is 155 Å². The minimum atomic E-state index is -0.450. The van der Waals surface area contributed by atoms with E-state index in [-0.39, 0.29) is 10.9 Å². The Hall–Kier alpha value is -2.85. The van der Waals surface area contributed by atoms with Crippen LogP contribution in [0.1, 0.15) is 18.1 Å². The van der Waals surface area contributed by atoms with E-state index in [0.29, 0.717) is 17.3 Å². The fraction of sp³-hybridized carbons (Fsp3) is 0.125. The first kappa shape index (κ1) is 16.6. The van der Waals surface area contributed by atoms with Crippen molar-refractivity contribution in [1.82, 2.24) is 20.2 Å². The van der Waals surface area contributed by atoms with Crippen LogP contribution in [0, 0.1) is 10.1 Å². The molecule has 4 rings (SSSR count). The topological polar surface area (TPSA) is 108 Å². The Morgan fingerprint density at radius 2 is 2.00 bits per heavy atom. The zero-order chi connectivity index (χ0) is 18.1. The number of fused-ring (bicyclic) bond motifs is 1. The molecule has 0 fully saturated rings. The van der Waals surface area contributed by atoms with E-state index >= 15 is 0 Å². The largest absolute Gasteiger partial charge is 0.419 e. The van der Waals surface area contributed by atoms with Crippen molar-refractivity contribution in [3.8, 4) is 11.5 Å². The highest BCUT2D eigenvalue weighted by Crippen LogP contribution is 2.38. The minimum Gasteiger partial charge on any atom is -0.419 e. The van der Waals surface area contributed by atoms with Crippen LogP contribution in [0.3, 0.4) is 0 Å². The van der Waals surface area contributed by atoms with Gasteiger partial charge in [-0.1, -0.05) is 11.8 Å². The van der Waals surface area contributed by atoms with Gasteiger partial charge in [0.05, 0.1) is 20.4 Å². The number of nitrogens with zero attached hydrogens (tertiary/aromatic N) is 5. The second-order valence-electron chi connectivity index (χ2n) is 5.32. The van der Waals surface area contributed by atoms with E-state index in [0.717, 1.165) is 15.2 Å². The average Bonchev–Trinajstić information content (AvgIpc) is 3.32. The fourth-order valence-corrected chi connectivity index (χ4v) is 4.18. The normalized spacial score (nSPS) is 12.3. The first-order valence-corrected chi connectivity index (χ1v) is 9.31. The molecule has 0 radical (unpaired) electrons. The molecular weight excluding hydrogens is 374 g/mol. The van der Waals surface area contributed by atoms with Gasteiger partial charge in [0.1, 0.15) is 11.4 Å². The Bertz CT molecular complexity index is 1080. The molecule has 0 bridgehead atoms. The van der Waals surface area contributed by atoms with Crippen LogP contribution in [0.15, 0.2) is 51.5 Å². The van der Waals surface area contributed by atoms with Gasteiger partial charge in [-0.05, 0) is 30.5 Å². The first-order chi connectivity index (χ1) is 12.6. The number of nitro benzene ring substituents is 1. The fourth-order valence-electron chi connectivity index (χ4n) is 2.31. The van der Waals surface area contributed by atoms with E-state index < -0.39 is 4.92 Å². The molecule has 1 aromatic carbocycles. The second-order valence-corrected chi connectivity index (χ2v) is 7.57. The Morgan fingerprint density at radius 3 is 2.77 bits per heavy atom. The van der Waals surface area contributed by atoms with Gasteiger partial charge in [0.25, 0.3) is 5.69 Å². The van der Waals surface area contributed by atoms with Crippen molar-refractivity contribution in [1.29, 1.82) is 0 Å². The van der Waals surface area contributed by atoms with Crippen LogP contribution in [0.5, 0.6) is 0 Å². The number of rotatable bonds is 5. The number of thiophene rings is 1. The molecule has 10 heteroatoms. The van der Waals surface area contributed by atoms with Crippen LogP contribution < -0.4 is 0 Å². The molecule has 0 saturated carbocycles. The molecule has 0 aliphatic carbocycles. The maximum atomic E-state index is 10.7. The Morgan fingerprint density at radius 1 is 1.19 bits per heavy atom. The monoisotopic (exact) mass is 385 g/mol. The number of benzene rings is 1. The van der Waals surface area contributed by atoms with Crippen molar-refractivity contribution in [2.75, 3.05) is 0 Å². The molecule has 130 valence electrons. The second kappa shape index (κ2) is 6.81. The molecule has 3 heterocycles. The number of thioether (sulfide) groups is 1. The number of nitro groups is 1. The van der Waals surface area contributed by atoms with Crippen molar-refractivity contribution in [2.45, 2.75) is 17.2 Å². The maximum Gasteiger partial charge on any atom is 0.269 e. The van der Waals surface area contributed by atoms with Crippen LogP contribution in [-0.2, 0) is 0 Å². The van der Waals surface area contributed by atoms with E-state index in [4.69, 9.17) is 4.42 Å². The summed E-state index contributed by atoms with van der Waals surface area (Å²) in [7, 11) is 0. The smallest absolute Gasteiger partial charge is 0.269 e. The van der Waals surface area contributed by atoms with Crippen molar-refractivity contribution < 1.29 is 9.34 Å². The molecule has 1 unspecified atom stereocenters. The number of hydrogen-bond acceptors (Lipinski definition) is 9. The van der Waals surface area contributed by atoms with E-state index in [1.807, 2.05) is 18.4 Å². The third-order valence-electron chi connectivity index (χ3n) is 3.61. The van der Waals surface area contributed by atoms with Crippen molar-refractivity contribution in [2.24, 2.45) is 0 Å². The summed E-state index contributed by atoms with van der Waals surface area (Å²) in [4.78, 5) is 18.9. The lowest BCUT2D eigenvalue weighted by atomic mass is 10.2. The number of hydrogen-bond donors (Lipinski definition) is 0. The summed E-state index contributed by atoms with van der Waals surface area (Å²) >= 11 is 3.11. The van der Waals surface area contributed by atoms with Gasteiger partial charge in [0, 0.05) is 17.7 Å². The molecule has 0 saturated heterocycles. The zero-order valence-corrected chi connectivity index (χ0v) is 15.0. The van der Waals surface area contributed by atoms with Gasteiger partial charge in [-0.2, -0.15) is 0 Å². The predicted molar refractivity (Wildman–Crippen MR) is 98.1 cm³/mol. The molecule has 0 N–H and O–H groups in total. The van der Waals surface area contributed by atoms with Gasteiger partial charge in [-0.3, -0.25) is 10.1 Å². The number of aromatic nitrogens is 4. The summed E-state index contributed by atoms with van der Waals surface area (Å²) in [6.45, 7) is 1.96. The summed E-state index contributed by atoms with van der Waals surface area (Å²) in [5.41, 5.74) is 1.56. The molecule has 26 heavy (non-hydrogen) atoms. The summed E-state index contributed by atoms with van der Waals surface area (Å²) in [6, 6.07) is 7.95. The summed E-state index contributed by atoms with van der Waals surface area (Å²) in [6.07, 6.45) is 1.54. The lowest BCUT2D eigenvalue weighted by Crippen LogP contribution is -1.91. The summed E-state index contributed by atoms with van der Waals surface area (Å²) in [5.74, 6) is 0.790. The van der Waals surface area contributed by atoms with Crippen molar-refractivity contribution >= 4 is 39.0 Å². The molecule has 0 spiro atoms. The van der Waals surface area contributed by atoms with E-state index in [1.165, 1.54) is 23.9 Å². The Kier molecular flexibility index (Phi) is 4.35. The summed E-state index contributed by atoms with van der Waals surface area (Å²) in [5, 5.41) is 21.6. The highest BCUT2D eigenvalue weighted by molar-refractivity contribution is 7.99. The zero-order valence-electron chi connectivity index (χ0n) is 13.4. The average molecular weight is 385 g/mol. The molecule has 8 nitrogen and oxygen atoms in total. The van der Waals surface area contributed by atoms with Crippen molar-refractivity contribution in [3.63, 3.8) is 0 Å². The van der Waals surface area contributed by atoms with Gasteiger partial charge in [0.15, 0.2) is 0 Å². The van der Waals surface area contributed by atoms with Crippen LogP contribution >= 0.6 is 23.1 Å². The first-order valence-electron chi connectivity index (χ1n) is 7.55. The van der Waals surface area contributed by atoms with Gasteiger partial charge in [-0.25, -0.2) is 9.97 Å². The van der Waals surface area contributed by atoms with Crippen molar-refractivity contribution in [3.05, 3.63) is 58.0 Å². The number of non-ortho nitro benzene ring substituents is 1. The van der Waals surface area contributed by atoms with Crippen LogP contribution in [-0.4, -0.2) is 25.1 Å². The quantitative estimate of drug-likeness (QED) is 0.214. The van der Waals surface area contributed by atoms with Gasteiger partial charge >= 0.3 is 0 Å². The van der Waals surface area contributed by atoms with E-state index in [1.54, 1.807) is 29.8 Å². The molecule has 0 aliphatic heterocycles. The molecule has 4 aromatic rings. The lowest BCUT2D eigenvalue weighted by Gasteiger charge is -2.06. The lowest BCUT2D eigenvalue weighted by molar-refractivity contribution is -0.384. The molecule has 0 aliphatic rings. The van der Waals surface area contributed by atoms with Crippen LogP contribution in [0.2, 0.25) is 0 Å². The highest BCUT2D eigenvalue weighted by Gasteiger charge is 2.19. The SMILES string of the molecule is CC(Sc1ncnc2ccsc12)c1nnc(-c2ccc([N+](=O)[O-])cc2)o1. The van der Waals surface area contributed by atoms with Crippen LogP contribution in [0.25, 0.3) is 21.7 Å². The van der Waals surface area contributed by atoms with Crippen LogP contribution in [0.4, 0.5) is 5.69 Å². The third-order valence-corrected chi connectivity index (χ3v) is 5.74. The molecule has 1 atom stereocenters. The van der Waals surface area contributed by atoms with Gasteiger partial charge in [0.2, 0.25) is 11.8 Å². The summed E-state index contributed by atoms with van der Waals surface area (Å²) < 4.78 is 6.77. The third kappa shape index (κ3) is 3.16. The molecule has 0 amide bonds. The minimum absolute atomic E-state index is 0.0149. The Balaban J connectivity index is 1.55. The highest BCUT2D eigenvalue weighted by atomic mass is 32.2. The standard InChI is InChI=1S/C16H11N5O3S2/c1-9(26-16-13-12(6-7-25-13)17-8-18-16)14-19-20-15(24-14)10-2-4-11(5-3-10)21(22)23/h2-9H,1H3.